The first-order valence-corrected chi connectivity index (χ1v) is 11.3. The molecule has 2 rings (SSSR count). The van der Waals surface area contributed by atoms with Crippen molar-refractivity contribution in [2.45, 2.75) is 44.0 Å². The number of piperidine rings is 1. The molecule has 1 fully saturated rings. The summed E-state index contributed by atoms with van der Waals surface area (Å²) in [6, 6.07) is 5.85. The maximum Gasteiger partial charge on any atom is 0.339 e. The predicted octanol–water partition coefficient (Wildman–Crippen LogP) is 1.33. The SMILES string of the molecule is CCC(C)NC(=O)COC(=O)C1CCN(S(=O)(=O)c2ccccc2C(=O)OC)CC1. The van der Waals surface area contributed by atoms with Crippen molar-refractivity contribution in [2.24, 2.45) is 5.92 Å². The minimum atomic E-state index is -3.92. The van der Waals surface area contributed by atoms with Crippen LogP contribution in [0, 0.1) is 5.92 Å². The first-order chi connectivity index (χ1) is 14.2. The van der Waals surface area contributed by atoms with E-state index in [9.17, 15) is 22.8 Å². The molecule has 0 bridgehead atoms. The number of esters is 2. The summed E-state index contributed by atoms with van der Waals surface area (Å²) in [5.74, 6) is -2.09. The fourth-order valence-electron chi connectivity index (χ4n) is 3.11. The van der Waals surface area contributed by atoms with E-state index in [0.29, 0.717) is 0 Å². The van der Waals surface area contributed by atoms with Gasteiger partial charge in [-0.15, -0.1) is 0 Å². The number of hydrogen-bond acceptors (Lipinski definition) is 7. The van der Waals surface area contributed by atoms with Crippen molar-refractivity contribution in [3.8, 4) is 0 Å². The topological polar surface area (TPSA) is 119 Å². The minimum absolute atomic E-state index is 0.00230. The number of carbonyl (C=O) groups excluding carboxylic acids is 3. The van der Waals surface area contributed by atoms with Gasteiger partial charge in [-0.1, -0.05) is 19.1 Å². The third-order valence-corrected chi connectivity index (χ3v) is 7.02. The predicted molar refractivity (Wildman–Crippen MR) is 108 cm³/mol. The highest BCUT2D eigenvalue weighted by Crippen LogP contribution is 2.26. The number of nitrogens with one attached hydrogen (secondary N) is 1. The minimum Gasteiger partial charge on any atom is -0.465 e. The number of amides is 1. The molecule has 1 heterocycles. The Morgan fingerprint density at radius 2 is 1.83 bits per heavy atom. The fourth-order valence-corrected chi connectivity index (χ4v) is 4.76. The largest absolute Gasteiger partial charge is 0.465 e. The molecular formula is C20H28N2O7S. The van der Waals surface area contributed by atoms with E-state index in [-0.39, 0.29) is 54.9 Å². The summed E-state index contributed by atoms with van der Waals surface area (Å²) < 4.78 is 37.0. The van der Waals surface area contributed by atoms with Gasteiger partial charge in [0.15, 0.2) is 6.61 Å². The Hall–Kier alpha value is -2.46. The molecule has 0 radical (unpaired) electrons. The molecule has 1 aromatic carbocycles. The molecule has 0 aromatic heterocycles. The number of ether oxygens (including phenoxy) is 2. The first-order valence-electron chi connectivity index (χ1n) is 9.84. The highest BCUT2D eigenvalue weighted by Gasteiger charge is 2.35. The van der Waals surface area contributed by atoms with Crippen molar-refractivity contribution in [1.29, 1.82) is 0 Å². The van der Waals surface area contributed by atoms with Crippen molar-refractivity contribution >= 4 is 27.9 Å². The number of methoxy groups -OCH3 is 1. The zero-order valence-corrected chi connectivity index (χ0v) is 18.2. The van der Waals surface area contributed by atoms with Gasteiger partial charge in [0.05, 0.1) is 23.5 Å². The molecule has 1 atom stereocenters. The van der Waals surface area contributed by atoms with E-state index in [0.717, 1.165) is 6.42 Å². The Bertz CT molecular complexity index is 877. The van der Waals surface area contributed by atoms with E-state index in [1.807, 2.05) is 13.8 Å². The van der Waals surface area contributed by atoms with Gasteiger partial charge in [-0.25, -0.2) is 13.2 Å². The third-order valence-electron chi connectivity index (χ3n) is 5.06. The van der Waals surface area contributed by atoms with Gasteiger partial charge in [-0.2, -0.15) is 4.31 Å². The van der Waals surface area contributed by atoms with Gasteiger partial charge in [0.25, 0.3) is 5.91 Å². The van der Waals surface area contributed by atoms with Crippen LogP contribution >= 0.6 is 0 Å². The molecule has 9 nitrogen and oxygen atoms in total. The first kappa shape index (κ1) is 23.8. The molecule has 0 spiro atoms. The van der Waals surface area contributed by atoms with Crippen LogP contribution in [0.4, 0.5) is 0 Å². The summed E-state index contributed by atoms with van der Waals surface area (Å²) >= 11 is 0. The summed E-state index contributed by atoms with van der Waals surface area (Å²) in [5.41, 5.74) is -0.0335. The van der Waals surface area contributed by atoms with Gasteiger partial charge in [0.1, 0.15) is 0 Å². The fraction of sp³-hybridized carbons (Fsp3) is 0.550. The summed E-state index contributed by atoms with van der Waals surface area (Å²) in [6.07, 6.45) is 1.31. The van der Waals surface area contributed by atoms with Gasteiger partial charge in [-0.05, 0) is 38.3 Å². The molecule has 1 saturated heterocycles. The molecule has 1 aliphatic heterocycles. The molecule has 30 heavy (non-hydrogen) atoms. The summed E-state index contributed by atoms with van der Waals surface area (Å²) in [6.45, 7) is 3.65. The normalized spacial score (nSPS) is 16.5. The Kier molecular flexibility index (Phi) is 8.36. The second kappa shape index (κ2) is 10.5. The standard InChI is InChI=1S/C20H28N2O7S/c1-4-14(2)21-18(23)13-29-19(24)15-9-11-22(12-10-15)30(26,27)17-8-6-5-7-16(17)20(25)28-3/h5-8,14-15H,4,9-13H2,1-3H3,(H,21,23). The van der Waals surface area contributed by atoms with Gasteiger partial charge < -0.3 is 14.8 Å². The lowest BCUT2D eigenvalue weighted by Gasteiger charge is -2.30. The van der Waals surface area contributed by atoms with Gasteiger partial charge in [0, 0.05) is 19.1 Å². The number of rotatable bonds is 8. The van der Waals surface area contributed by atoms with Crippen LogP contribution < -0.4 is 5.32 Å². The Morgan fingerprint density at radius 3 is 2.43 bits per heavy atom. The smallest absolute Gasteiger partial charge is 0.339 e. The Morgan fingerprint density at radius 1 is 1.20 bits per heavy atom. The monoisotopic (exact) mass is 440 g/mol. The van der Waals surface area contributed by atoms with E-state index in [1.54, 1.807) is 6.07 Å². The number of benzene rings is 1. The van der Waals surface area contributed by atoms with E-state index in [2.05, 4.69) is 10.1 Å². The van der Waals surface area contributed by atoms with Crippen LogP contribution in [-0.2, 0) is 29.1 Å². The lowest BCUT2D eigenvalue weighted by Crippen LogP contribution is -2.41. The van der Waals surface area contributed by atoms with Crippen LogP contribution in [0.5, 0.6) is 0 Å². The summed E-state index contributed by atoms with van der Waals surface area (Å²) in [4.78, 5) is 35.8. The molecular weight excluding hydrogens is 412 g/mol. The van der Waals surface area contributed by atoms with Crippen LogP contribution in [-0.4, -0.2) is 63.4 Å². The number of hydrogen-bond donors (Lipinski definition) is 1. The van der Waals surface area contributed by atoms with Crippen LogP contribution in [0.15, 0.2) is 29.2 Å². The average molecular weight is 441 g/mol. The highest BCUT2D eigenvalue weighted by molar-refractivity contribution is 7.89. The molecule has 1 N–H and O–H groups in total. The second-order valence-corrected chi connectivity index (χ2v) is 9.06. The quantitative estimate of drug-likeness (QED) is 0.606. The molecule has 10 heteroatoms. The number of nitrogens with zero attached hydrogens (tertiary/aromatic N) is 1. The summed E-state index contributed by atoms with van der Waals surface area (Å²) in [5, 5.41) is 2.71. The lowest BCUT2D eigenvalue weighted by atomic mass is 9.98. The molecule has 1 aliphatic rings. The Labute approximate surface area is 176 Å². The molecule has 1 unspecified atom stereocenters. The van der Waals surface area contributed by atoms with Crippen molar-refractivity contribution < 1.29 is 32.3 Å². The van der Waals surface area contributed by atoms with Crippen LogP contribution in [0.2, 0.25) is 0 Å². The second-order valence-electron chi connectivity index (χ2n) is 7.15. The van der Waals surface area contributed by atoms with Gasteiger partial charge >= 0.3 is 11.9 Å². The number of carbonyl (C=O) groups is 3. The molecule has 1 aromatic rings. The lowest BCUT2D eigenvalue weighted by molar-refractivity contribution is -0.153. The van der Waals surface area contributed by atoms with Crippen molar-refractivity contribution in [2.75, 3.05) is 26.8 Å². The zero-order chi connectivity index (χ0) is 22.3. The molecule has 0 saturated carbocycles. The van der Waals surface area contributed by atoms with Crippen LogP contribution in [0.3, 0.4) is 0 Å². The third kappa shape index (κ3) is 5.79. The van der Waals surface area contributed by atoms with E-state index >= 15 is 0 Å². The molecule has 1 amide bonds. The molecule has 0 aliphatic carbocycles. The van der Waals surface area contributed by atoms with E-state index < -0.39 is 27.9 Å². The maximum atomic E-state index is 13.0. The van der Waals surface area contributed by atoms with E-state index in [4.69, 9.17) is 4.74 Å². The number of sulfonamides is 1. The van der Waals surface area contributed by atoms with Crippen molar-refractivity contribution in [1.82, 2.24) is 9.62 Å². The van der Waals surface area contributed by atoms with Gasteiger partial charge in [-0.3, -0.25) is 9.59 Å². The highest BCUT2D eigenvalue weighted by atomic mass is 32.2. The zero-order valence-electron chi connectivity index (χ0n) is 17.4. The maximum absolute atomic E-state index is 13.0. The van der Waals surface area contributed by atoms with Crippen LogP contribution in [0.25, 0.3) is 0 Å². The van der Waals surface area contributed by atoms with Gasteiger partial charge in [0.2, 0.25) is 10.0 Å². The molecule has 166 valence electrons. The van der Waals surface area contributed by atoms with E-state index in [1.165, 1.54) is 29.6 Å². The van der Waals surface area contributed by atoms with Crippen molar-refractivity contribution in [3.05, 3.63) is 29.8 Å². The van der Waals surface area contributed by atoms with Crippen molar-refractivity contribution in [3.63, 3.8) is 0 Å². The Balaban J connectivity index is 1.96. The average Bonchev–Trinajstić information content (AvgIpc) is 2.76. The summed E-state index contributed by atoms with van der Waals surface area (Å²) in [7, 11) is -2.74. The van der Waals surface area contributed by atoms with Crippen LogP contribution in [0.1, 0.15) is 43.5 Å².